The van der Waals surface area contributed by atoms with Gasteiger partial charge in [-0.05, 0) is 26.7 Å². The molecular weight excluding hydrogens is 366 g/mol. The molecule has 3 N–H and O–H groups in total. The molecule has 2 amide bonds. The molecule has 10 nitrogen and oxygen atoms in total. The molecule has 2 atom stereocenters. The minimum absolute atomic E-state index is 0.0763. The molecule has 2 aromatic rings. The fraction of sp³-hybridized carbons (Fsp3) is 0.556. The minimum atomic E-state index is -0.408. The number of aryl methyl sites for hydroxylation is 1. The predicted molar refractivity (Wildman–Crippen MR) is 96.5 cm³/mol. The average molecular weight is 389 g/mol. The van der Waals surface area contributed by atoms with Gasteiger partial charge in [-0.15, -0.1) is 0 Å². The van der Waals surface area contributed by atoms with Crippen LogP contribution < -0.4 is 10.6 Å². The van der Waals surface area contributed by atoms with Crippen molar-refractivity contribution in [2.45, 2.75) is 57.3 Å². The summed E-state index contributed by atoms with van der Waals surface area (Å²) in [6, 6.07) is 3.42. The molecule has 2 aliphatic rings. The number of carbonyl (C=O) groups excluding carboxylic acids is 2. The fourth-order valence-corrected chi connectivity index (χ4v) is 3.05. The number of aromatic amines is 1. The molecule has 1 aliphatic heterocycles. The van der Waals surface area contributed by atoms with Crippen LogP contribution in [0.3, 0.4) is 0 Å². The molecule has 2 aromatic heterocycles. The lowest BCUT2D eigenvalue weighted by atomic mass is 10.1. The Labute approximate surface area is 161 Å². The molecule has 4 rings (SSSR count). The Morgan fingerprint density at radius 2 is 2.21 bits per heavy atom. The van der Waals surface area contributed by atoms with Gasteiger partial charge >= 0.3 is 6.09 Å². The molecule has 1 saturated carbocycles. The topological polar surface area (TPSA) is 131 Å². The second kappa shape index (κ2) is 7.27. The molecule has 28 heavy (non-hydrogen) atoms. The lowest BCUT2D eigenvalue weighted by Gasteiger charge is -2.15. The highest BCUT2D eigenvalue weighted by atomic mass is 16.6. The second-order valence-electron chi connectivity index (χ2n) is 7.64. The van der Waals surface area contributed by atoms with Gasteiger partial charge in [0.25, 0.3) is 0 Å². The summed E-state index contributed by atoms with van der Waals surface area (Å²) in [5.74, 6) is 0.625. The van der Waals surface area contributed by atoms with Crippen molar-refractivity contribution in [1.82, 2.24) is 20.7 Å². The number of aromatic nitrogens is 3. The third kappa shape index (κ3) is 4.50. The van der Waals surface area contributed by atoms with Crippen LogP contribution in [0.2, 0.25) is 0 Å². The van der Waals surface area contributed by atoms with Crippen molar-refractivity contribution >= 4 is 17.8 Å². The van der Waals surface area contributed by atoms with Crippen LogP contribution in [0.25, 0.3) is 0 Å². The predicted octanol–water partition coefficient (Wildman–Crippen LogP) is 2.00. The van der Waals surface area contributed by atoms with Crippen molar-refractivity contribution in [2.24, 2.45) is 0 Å². The number of alkyl carbamates (subject to hydrolysis) is 1. The Balaban J connectivity index is 1.26. The second-order valence-corrected chi connectivity index (χ2v) is 7.64. The van der Waals surface area contributed by atoms with E-state index in [1.165, 1.54) is 0 Å². The van der Waals surface area contributed by atoms with Gasteiger partial charge in [-0.3, -0.25) is 9.89 Å². The minimum Gasteiger partial charge on any atom is -0.444 e. The molecule has 150 valence electrons. The monoisotopic (exact) mass is 389 g/mol. The van der Waals surface area contributed by atoms with E-state index >= 15 is 0 Å². The Kier molecular flexibility index (Phi) is 4.80. The van der Waals surface area contributed by atoms with E-state index < -0.39 is 6.09 Å². The number of nitrogens with zero attached hydrogens (tertiary/aromatic N) is 2. The van der Waals surface area contributed by atoms with E-state index in [1.54, 1.807) is 19.1 Å². The first kappa shape index (κ1) is 18.5. The largest absolute Gasteiger partial charge is 0.444 e. The summed E-state index contributed by atoms with van der Waals surface area (Å²) in [6.07, 6.45) is 1.56. The van der Waals surface area contributed by atoms with Gasteiger partial charge in [0.1, 0.15) is 18.0 Å². The maximum atomic E-state index is 12.1. The molecule has 0 radical (unpaired) electrons. The molecule has 0 spiro atoms. The van der Waals surface area contributed by atoms with Gasteiger partial charge in [-0.2, -0.15) is 5.10 Å². The average Bonchev–Trinajstić information content (AvgIpc) is 3.05. The first-order chi connectivity index (χ1) is 13.4. The lowest BCUT2D eigenvalue weighted by Crippen LogP contribution is -2.37. The van der Waals surface area contributed by atoms with Crippen LogP contribution in [0.15, 0.2) is 16.7 Å². The van der Waals surface area contributed by atoms with Gasteiger partial charge in [0, 0.05) is 24.1 Å². The number of anilines is 1. The number of carbonyl (C=O) groups is 2. The number of rotatable bonds is 6. The molecule has 1 aliphatic carbocycles. The van der Waals surface area contributed by atoms with Gasteiger partial charge < -0.3 is 24.6 Å². The first-order valence-corrected chi connectivity index (χ1v) is 9.26. The summed E-state index contributed by atoms with van der Waals surface area (Å²) < 4.78 is 16.2. The number of nitrogens with one attached hydrogen (secondary N) is 3. The van der Waals surface area contributed by atoms with E-state index in [0.29, 0.717) is 30.3 Å². The first-order valence-electron chi connectivity index (χ1n) is 9.26. The van der Waals surface area contributed by atoms with Crippen molar-refractivity contribution in [3.63, 3.8) is 0 Å². The van der Waals surface area contributed by atoms with Gasteiger partial charge in [-0.25, -0.2) is 4.79 Å². The standard InChI is InChI=1S/C18H23N5O5/c1-10-5-11(28-23-10)7-16(24)19-15-8-13(21-22-15)14-6-12(9-26-14)27-17(25)20-18(2)3-4-18/h5,8,12,14H,3-4,6-7,9H2,1-2H3,(H,20,25)(H2,19,21,22,24)/t12?,14-/m0/s1. The maximum absolute atomic E-state index is 12.1. The van der Waals surface area contributed by atoms with Crippen LogP contribution in [0, 0.1) is 6.92 Å². The number of ether oxygens (including phenoxy) is 2. The van der Waals surface area contributed by atoms with Crippen LogP contribution in [-0.4, -0.2) is 45.6 Å². The molecule has 10 heteroatoms. The van der Waals surface area contributed by atoms with Gasteiger partial charge in [0.15, 0.2) is 5.82 Å². The molecule has 1 unspecified atom stereocenters. The highest BCUT2D eigenvalue weighted by Gasteiger charge is 2.40. The van der Waals surface area contributed by atoms with Crippen LogP contribution in [0.5, 0.6) is 0 Å². The summed E-state index contributed by atoms with van der Waals surface area (Å²) >= 11 is 0. The maximum Gasteiger partial charge on any atom is 0.407 e. The summed E-state index contributed by atoms with van der Waals surface area (Å²) in [5.41, 5.74) is 1.32. The number of H-pyrrole nitrogens is 1. The summed E-state index contributed by atoms with van der Waals surface area (Å²) in [7, 11) is 0. The quantitative estimate of drug-likeness (QED) is 0.688. The third-order valence-electron chi connectivity index (χ3n) is 4.86. The van der Waals surface area contributed by atoms with Crippen molar-refractivity contribution in [3.8, 4) is 0 Å². The number of hydrogen-bond donors (Lipinski definition) is 3. The lowest BCUT2D eigenvalue weighted by molar-refractivity contribution is -0.115. The van der Waals surface area contributed by atoms with Crippen LogP contribution in [-0.2, 0) is 20.7 Å². The van der Waals surface area contributed by atoms with Gasteiger partial charge in [-0.1, -0.05) is 5.16 Å². The Morgan fingerprint density at radius 1 is 1.39 bits per heavy atom. The SMILES string of the molecule is Cc1cc(CC(=O)Nc2cc([C@@H]3CC(OC(=O)NC4(C)CC4)CO3)[nH]n2)on1. The Bertz CT molecular complexity index is 871. The van der Waals surface area contributed by atoms with Crippen LogP contribution in [0.4, 0.5) is 10.6 Å². The summed E-state index contributed by atoms with van der Waals surface area (Å²) in [5, 5.41) is 16.3. The molecule has 3 heterocycles. The zero-order chi connectivity index (χ0) is 19.7. The zero-order valence-electron chi connectivity index (χ0n) is 15.8. The Morgan fingerprint density at radius 3 is 2.93 bits per heavy atom. The molecule has 0 aromatic carbocycles. The zero-order valence-corrected chi connectivity index (χ0v) is 15.8. The van der Waals surface area contributed by atoms with E-state index in [0.717, 1.165) is 18.5 Å². The molecule has 2 fully saturated rings. The van der Waals surface area contributed by atoms with E-state index in [-0.39, 0.29) is 30.1 Å². The van der Waals surface area contributed by atoms with Crippen molar-refractivity contribution < 1.29 is 23.6 Å². The van der Waals surface area contributed by atoms with Gasteiger partial charge in [0.05, 0.1) is 24.4 Å². The molecule has 1 saturated heterocycles. The van der Waals surface area contributed by atoms with E-state index in [4.69, 9.17) is 14.0 Å². The third-order valence-corrected chi connectivity index (χ3v) is 4.86. The Hall–Kier alpha value is -2.88. The molecule has 0 bridgehead atoms. The van der Waals surface area contributed by atoms with Crippen molar-refractivity contribution in [1.29, 1.82) is 0 Å². The summed E-state index contributed by atoms with van der Waals surface area (Å²) in [4.78, 5) is 24.0. The van der Waals surface area contributed by atoms with Crippen molar-refractivity contribution in [3.05, 3.63) is 29.3 Å². The smallest absolute Gasteiger partial charge is 0.407 e. The van der Waals surface area contributed by atoms with E-state index in [9.17, 15) is 9.59 Å². The summed E-state index contributed by atoms with van der Waals surface area (Å²) in [6.45, 7) is 4.10. The van der Waals surface area contributed by atoms with Crippen molar-refractivity contribution in [2.75, 3.05) is 11.9 Å². The molecular formula is C18H23N5O5. The highest BCUT2D eigenvalue weighted by molar-refractivity contribution is 5.91. The van der Waals surface area contributed by atoms with Crippen LogP contribution in [0.1, 0.15) is 49.4 Å². The number of hydrogen-bond acceptors (Lipinski definition) is 7. The van der Waals surface area contributed by atoms with E-state index in [1.807, 2.05) is 6.92 Å². The highest BCUT2D eigenvalue weighted by Crippen LogP contribution is 2.35. The van der Waals surface area contributed by atoms with E-state index in [2.05, 4.69) is 26.0 Å². The number of amides is 2. The van der Waals surface area contributed by atoms with Gasteiger partial charge in [0.2, 0.25) is 5.91 Å². The normalized spacial score (nSPS) is 22.6. The van der Waals surface area contributed by atoms with Crippen LogP contribution >= 0.6 is 0 Å². The fourth-order valence-electron chi connectivity index (χ4n) is 3.05.